The van der Waals surface area contributed by atoms with Crippen molar-refractivity contribution in [1.29, 1.82) is 0 Å². The van der Waals surface area contributed by atoms with E-state index in [1.165, 1.54) is 10.4 Å². The fourth-order valence-corrected chi connectivity index (χ4v) is 3.26. The summed E-state index contributed by atoms with van der Waals surface area (Å²) in [5, 5.41) is 2.92. The molecule has 2 N–H and O–H groups in total. The van der Waals surface area contributed by atoms with Gasteiger partial charge in [0.1, 0.15) is 0 Å². The van der Waals surface area contributed by atoms with E-state index >= 15 is 0 Å². The summed E-state index contributed by atoms with van der Waals surface area (Å²) in [4.78, 5) is 3.61. The van der Waals surface area contributed by atoms with Gasteiger partial charge in [0.2, 0.25) is 0 Å². The Hall–Kier alpha value is -1.03. The molecule has 0 spiro atoms. The van der Waals surface area contributed by atoms with Crippen molar-refractivity contribution in [3.8, 4) is 0 Å². The zero-order chi connectivity index (χ0) is 14.5. The number of rotatable bonds is 6. The van der Waals surface area contributed by atoms with Gasteiger partial charge < -0.3 is 10.6 Å². The van der Waals surface area contributed by atoms with Gasteiger partial charge in [-0.2, -0.15) is 0 Å². The summed E-state index contributed by atoms with van der Waals surface area (Å²) in [5.74, 6) is 0. The van der Waals surface area contributed by atoms with E-state index in [1.807, 2.05) is 13.0 Å². The van der Waals surface area contributed by atoms with Crippen LogP contribution >= 0.6 is 22.9 Å². The first-order valence-electron chi connectivity index (χ1n) is 6.84. The van der Waals surface area contributed by atoms with E-state index in [0.717, 1.165) is 30.1 Å². The summed E-state index contributed by atoms with van der Waals surface area (Å²) in [7, 11) is 2.08. The molecule has 2 nitrogen and oxygen atoms in total. The second-order valence-corrected chi connectivity index (χ2v) is 6.66. The Morgan fingerprint density at radius 2 is 2.15 bits per heavy atom. The number of halogens is 1. The van der Waals surface area contributed by atoms with Gasteiger partial charge in [0.05, 0.1) is 10.7 Å². The van der Waals surface area contributed by atoms with Crippen LogP contribution in [0.15, 0.2) is 35.7 Å². The molecule has 1 aromatic heterocycles. The van der Waals surface area contributed by atoms with E-state index in [-0.39, 0.29) is 6.04 Å². The highest BCUT2D eigenvalue weighted by atomic mass is 35.5. The normalized spacial score (nSPS) is 12.4. The van der Waals surface area contributed by atoms with Gasteiger partial charge in [-0.1, -0.05) is 23.7 Å². The van der Waals surface area contributed by atoms with E-state index in [1.54, 1.807) is 11.3 Å². The molecule has 2 rings (SSSR count). The van der Waals surface area contributed by atoms with Gasteiger partial charge in [-0.05, 0) is 48.9 Å². The van der Waals surface area contributed by atoms with Crippen LogP contribution in [-0.4, -0.2) is 19.6 Å². The zero-order valence-corrected chi connectivity index (χ0v) is 13.5. The van der Waals surface area contributed by atoms with Crippen molar-refractivity contribution in [3.63, 3.8) is 0 Å². The third kappa shape index (κ3) is 4.23. The maximum Gasteiger partial charge on any atom is 0.0642 e. The lowest BCUT2D eigenvalue weighted by molar-refractivity contribution is 0.738. The fourth-order valence-electron chi connectivity index (χ4n) is 2.21. The highest BCUT2D eigenvalue weighted by Gasteiger charge is 2.08. The van der Waals surface area contributed by atoms with Crippen molar-refractivity contribution >= 4 is 28.6 Å². The van der Waals surface area contributed by atoms with Crippen LogP contribution in [0.2, 0.25) is 5.02 Å². The zero-order valence-electron chi connectivity index (χ0n) is 12.0. The minimum absolute atomic E-state index is 0.161. The van der Waals surface area contributed by atoms with Gasteiger partial charge in [-0.15, -0.1) is 11.3 Å². The molecule has 4 heteroatoms. The average molecular weight is 309 g/mol. The smallest absolute Gasteiger partial charge is 0.0642 e. The lowest BCUT2D eigenvalue weighted by Gasteiger charge is -2.21. The molecule has 20 heavy (non-hydrogen) atoms. The molecule has 0 bridgehead atoms. The lowest BCUT2D eigenvalue weighted by atomic mass is 10.1. The Labute approximate surface area is 130 Å². The van der Waals surface area contributed by atoms with Gasteiger partial charge in [0.25, 0.3) is 0 Å². The van der Waals surface area contributed by atoms with Gasteiger partial charge in [-0.25, -0.2) is 0 Å². The Kier molecular flexibility index (Phi) is 5.46. The Balaban J connectivity index is 2.00. The van der Waals surface area contributed by atoms with Crippen LogP contribution in [0.4, 0.5) is 5.69 Å². The largest absolute Gasteiger partial charge is 0.373 e. The molecule has 108 valence electrons. The number of thiophene rings is 1. The highest BCUT2D eigenvalue weighted by Crippen LogP contribution is 2.27. The molecule has 0 radical (unpaired) electrons. The van der Waals surface area contributed by atoms with Gasteiger partial charge in [0.15, 0.2) is 0 Å². The van der Waals surface area contributed by atoms with E-state index in [9.17, 15) is 0 Å². The second kappa shape index (κ2) is 7.11. The molecule has 0 saturated carbocycles. The molecule has 2 aromatic rings. The molecule has 0 fully saturated rings. The molecule has 1 heterocycles. The fraction of sp³-hybridized carbons (Fsp3) is 0.375. The molecular weight excluding hydrogens is 288 g/mol. The first-order valence-corrected chi connectivity index (χ1v) is 8.09. The highest BCUT2D eigenvalue weighted by molar-refractivity contribution is 7.09. The monoisotopic (exact) mass is 308 g/mol. The summed E-state index contributed by atoms with van der Waals surface area (Å²) in [6.45, 7) is 2.97. The third-order valence-electron chi connectivity index (χ3n) is 3.25. The molecule has 0 aliphatic heterocycles. The number of anilines is 1. The topological polar surface area (TPSA) is 29.3 Å². The lowest BCUT2D eigenvalue weighted by Crippen LogP contribution is -2.21. The van der Waals surface area contributed by atoms with E-state index in [4.69, 9.17) is 17.3 Å². The minimum Gasteiger partial charge on any atom is -0.373 e. The van der Waals surface area contributed by atoms with Gasteiger partial charge in [0, 0.05) is 24.5 Å². The van der Waals surface area contributed by atoms with Crippen molar-refractivity contribution in [2.24, 2.45) is 5.73 Å². The Bertz CT molecular complexity index is 537. The number of hydrogen-bond acceptors (Lipinski definition) is 3. The van der Waals surface area contributed by atoms with Crippen LogP contribution in [0.5, 0.6) is 0 Å². The van der Waals surface area contributed by atoms with E-state index in [2.05, 4.69) is 41.6 Å². The van der Waals surface area contributed by atoms with Crippen LogP contribution in [0.25, 0.3) is 0 Å². The molecule has 1 unspecified atom stereocenters. The molecule has 1 aromatic carbocycles. The maximum absolute atomic E-state index is 6.39. The SMILES string of the molecule is CC(N)Cc1ccc(N(C)CCc2cccs2)c(Cl)c1. The van der Waals surface area contributed by atoms with Crippen LogP contribution < -0.4 is 10.6 Å². The number of nitrogens with two attached hydrogens (primary N) is 1. The first kappa shape index (κ1) is 15.4. The molecule has 0 saturated heterocycles. The van der Waals surface area contributed by atoms with E-state index < -0.39 is 0 Å². The predicted octanol–water partition coefficient (Wildman–Crippen LogP) is 3.97. The van der Waals surface area contributed by atoms with Crippen LogP contribution in [0, 0.1) is 0 Å². The maximum atomic E-state index is 6.39. The van der Waals surface area contributed by atoms with Crippen molar-refractivity contribution in [2.45, 2.75) is 25.8 Å². The Morgan fingerprint density at radius 3 is 2.75 bits per heavy atom. The predicted molar refractivity (Wildman–Crippen MR) is 90.1 cm³/mol. The Morgan fingerprint density at radius 1 is 1.35 bits per heavy atom. The summed E-state index contributed by atoms with van der Waals surface area (Å²) in [5.41, 5.74) is 8.10. The van der Waals surface area contributed by atoms with Gasteiger partial charge in [-0.3, -0.25) is 0 Å². The van der Waals surface area contributed by atoms with Crippen LogP contribution in [0.3, 0.4) is 0 Å². The molecule has 0 aliphatic rings. The third-order valence-corrected chi connectivity index (χ3v) is 4.49. The minimum atomic E-state index is 0.161. The van der Waals surface area contributed by atoms with Crippen molar-refractivity contribution < 1.29 is 0 Å². The summed E-state index contributed by atoms with van der Waals surface area (Å²) >= 11 is 8.19. The number of nitrogens with zero attached hydrogens (tertiary/aromatic N) is 1. The number of likely N-dealkylation sites (N-methyl/N-ethyl adjacent to an activating group) is 1. The summed E-state index contributed by atoms with van der Waals surface area (Å²) in [6.07, 6.45) is 1.91. The van der Waals surface area contributed by atoms with Crippen molar-refractivity contribution in [1.82, 2.24) is 0 Å². The molecule has 0 amide bonds. The van der Waals surface area contributed by atoms with Crippen molar-refractivity contribution in [3.05, 3.63) is 51.2 Å². The number of benzene rings is 1. The van der Waals surface area contributed by atoms with Crippen LogP contribution in [-0.2, 0) is 12.8 Å². The molecular formula is C16H21ClN2S. The van der Waals surface area contributed by atoms with Crippen LogP contribution in [0.1, 0.15) is 17.4 Å². The molecule has 0 aliphatic carbocycles. The summed E-state index contributed by atoms with van der Waals surface area (Å²) in [6, 6.07) is 10.7. The summed E-state index contributed by atoms with van der Waals surface area (Å²) < 4.78 is 0. The van der Waals surface area contributed by atoms with E-state index in [0.29, 0.717) is 0 Å². The number of hydrogen-bond donors (Lipinski definition) is 1. The second-order valence-electron chi connectivity index (χ2n) is 5.22. The quantitative estimate of drug-likeness (QED) is 0.875. The van der Waals surface area contributed by atoms with Crippen molar-refractivity contribution in [2.75, 3.05) is 18.5 Å². The average Bonchev–Trinajstić information content (AvgIpc) is 2.88. The first-order chi connectivity index (χ1) is 9.56. The standard InChI is InChI=1S/C16H21ClN2S/c1-12(18)10-13-5-6-16(15(17)11-13)19(2)8-7-14-4-3-9-20-14/h3-6,9,11-12H,7-8,10,18H2,1-2H3. The molecule has 1 atom stereocenters. The van der Waals surface area contributed by atoms with Gasteiger partial charge >= 0.3 is 0 Å².